The highest BCUT2D eigenvalue weighted by Gasteiger charge is 2.16. The maximum Gasteiger partial charge on any atom is 0.349 e. The summed E-state index contributed by atoms with van der Waals surface area (Å²) in [4.78, 5) is 24.0. The largest absolute Gasteiger partial charge is 0.451 e. The standard InChI is InChI=1S/C21H22FN3O3/c1-4-9-25-14(2)10-16(15(25)3)11-17(12-23)21(27)28-13-20(26)24-19-8-6-5-7-18(19)22/h5-8,10-11H,4,9,13H2,1-3H3,(H,24,26)/b17-11+. The molecule has 2 aromatic rings. The predicted molar refractivity (Wildman–Crippen MR) is 104 cm³/mol. The van der Waals surface area contributed by atoms with Gasteiger partial charge in [-0.2, -0.15) is 5.26 Å². The number of para-hydroxylation sites is 1. The van der Waals surface area contributed by atoms with Crippen LogP contribution in [0, 0.1) is 31.0 Å². The molecule has 0 aliphatic heterocycles. The van der Waals surface area contributed by atoms with E-state index in [4.69, 9.17) is 4.74 Å². The lowest BCUT2D eigenvalue weighted by atomic mass is 10.1. The average molecular weight is 383 g/mol. The molecule has 1 amide bonds. The van der Waals surface area contributed by atoms with Gasteiger partial charge in [0.25, 0.3) is 5.91 Å². The second-order valence-corrected chi connectivity index (χ2v) is 6.25. The van der Waals surface area contributed by atoms with Gasteiger partial charge in [0, 0.05) is 17.9 Å². The number of halogens is 1. The van der Waals surface area contributed by atoms with Crippen LogP contribution in [0.1, 0.15) is 30.3 Å². The maximum atomic E-state index is 13.5. The number of ether oxygens (including phenoxy) is 1. The number of nitriles is 1. The molecule has 0 fully saturated rings. The fourth-order valence-corrected chi connectivity index (χ4v) is 2.79. The number of hydrogen-bond acceptors (Lipinski definition) is 4. The van der Waals surface area contributed by atoms with Gasteiger partial charge >= 0.3 is 5.97 Å². The molecule has 6 nitrogen and oxygen atoms in total. The van der Waals surface area contributed by atoms with E-state index in [1.165, 1.54) is 24.3 Å². The lowest BCUT2D eigenvalue weighted by molar-refractivity contribution is -0.142. The minimum Gasteiger partial charge on any atom is -0.451 e. The normalized spacial score (nSPS) is 11.0. The van der Waals surface area contributed by atoms with Gasteiger partial charge in [-0.05, 0) is 50.1 Å². The van der Waals surface area contributed by atoms with E-state index in [0.29, 0.717) is 0 Å². The van der Waals surface area contributed by atoms with E-state index in [1.807, 2.05) is 19.9 Å². The molecule has 2 rings (SSSR count). The van der Waals surface area contributed by atoms with Gasteiger partial charge in [-0.3, -0.25) is 4.79 Å². The minimum absolute atomic E-state index is 0.0111. The Bertz CT molecular complexity index is 954. The number of esters is 1. The molecule has 0 bridgehead atoms. The van der Waals surface area contributed by atoms with Crippen LogP contribution in [0.5, 0.6) is 0 Å². The third-order valence-corrected chi connectivity index (χ3v) is 4.18. The lowest BCUT2D eigenvalue weighted by Gasteiger charge is -2.07. The quantitative estimate of drug-likeness (QED) is 0.448. The van der Waals surface area contributed by atoms with Crippen molar-refractivity contribution in [3.63, 3.8) is 0 Å². The molecule has 0 spiro atoms. The number of nitrogens with zero attached hydrogens (tertiary/aromatic N) is 2. The van der Waals surface area contributed by atoms with Crippen molar-refractivity contribution in [1.29, 1.82) is 5.26 Å². The summed E-state index contributed by atoms with van der Waals surface area (Å²) in [5.74, 6) is -2.20. The second kappa shape index (κ2) is 9.51. The molecular formula is C21H22FN3O3. The van der Waals surface area contributed by atoms with Gasteiger partial charge in [0.2, 0.25) is 0 Å². The molecule has 0 radical (unpaired) electrons. The van der Waals surface area contributed by atoms with Gasteiger partial charge < -0.3 is 14.6 Å². The summed E-state index contributed by atoms with van der Waals surface area (Å²) in [7, 11) is 0. The van der Waals surface area contributed by atoms with Crippen LogP contribution in [0.4, 0.5) is 10.1 Å². The highest BCUT2D eigenvalue weighted by atomic mass is 19.1. The number of aromatic nitrogens is 1. The number of rotatable bonds is 7. The number of amides is 1. The Morgan fingerprint density at radius 1 is 1.32 bits per heavy atom. The number of carbonyl (C=O) groups excluding carboxylic acids is 2. The fraction of sp³-hybridized carbons (Fsp3) is 0.286. The summed E-state index contributed by atoms with van der Waals surface area (Å²) in [6.07, 6.45) is 2.41. The number of anilines is 1. The van der Waals surface area contributed by atoms with Crippen LogP contribution in [0.2, 0.25) is 0 Å². The molecule has 1 aromatic heterocycles. The highest BCUT2D eigenvalue weighted by molar-refractivity contribution is 6.00. The fourth-order valence-electron chi connectivity index (χ4n) is 2.79. The van der Waals surface area contributed by atoms with Crippen molar-refractivity contribution in [1.82, 2.24) is 4.57 Å². The van der Waals surface area contributed by atoms with Crippen molar-refractivity contribution in [2.75, 3.05) is 11.9 Å². The van der Waals surface area contributed by atoms with Crippen molar-refractivity contribution in [3.8, 4) is 6.07 Å². The van der Waals surface area contributed by atoms with Gasteiger partial charge in [-0.15, -0.1) is 0 Å². The molecule has 0 atom stereocenters. The zero-order chi connectivity index (χ0) is 20.7. The molecule has 0 aliphatic carbocycles. The van der Waals surface area contributed by atoms with Crippen molar-refractivity contribution < 1.29 is 18.7 Å². The molecule has 146 valence electrons. The molecule has 7 heteroatoms. The zero-order valence-corrected chi connectivity index (χ0v) is 16.1. The van der Waals surface area contributed by atoms with E-state index >= 15 is 0 Å². The van der Waals surface area contributed by atoms with Gasteiger partial charge in [0.1, 0.15) is 17.5 Å². The summed E-state index contributed by atoms with van der Waals surface area (Å²) in [5, 5.41) is 11.6. The third kappa shape index (κ3) is 5.07. The van der Waals surface area contributed by atoms with E-state index in [9.17, 15) is 19.2 Å². The Morgan fingerprint density at radius 2 is 2.04 bits per heavy atom. The lowest BCUT2D eigenvalue weighted by Crippen LogP contribution is -2.21. The SMILES string of the molecule is CCCn1c(C)cc(/C=C(\C#N)C(=O)OCC(=O)Nc2ccccc2F)c1C. The Hall–Kier alpha value is -3.40. The van der Waals surface area contributed by atoms with Crippen LogP contribution in [0.3, 0.4) is 0 Å². The molecule has 0 unspecified atom stereocenters. The van der Waals surface area contributed by atoms with Gasteiger partial charge in [-0.25, -0.2) is 9.18 Å². The van der Waals surface area contributed by atoms with E-state index in [2.05, 4.69) is 16.8 Å². The topological polar surface area (TPSA) is 84.1 Å². The predicted octanol–water partition coefficient (Wildman–Crippen LogP) is 3.74. The first kappa shape index (κ1) is 20.9. The summed E-state index contributed by atoms with van der Waals surface area (Å²) >= 11 is 0. The molecule has 1 aromatic carbocycles. The van der Waals surface area contributed by atoms with Crippen LogP contribution in [0.25, 0.3) is 6.08 Å². The van der Waals surface area contributed by atoms with E-state index < -0.39 is 24.3 Å². The summed E-state index contributed by atoms with van der Waals surface area (Å²) < 4.78 is 20.5. The van der Waals surface area contributed by atoms with E-state index in [-0.39, 0.29) is 11.3 Å². The van der Waals surface area contributed by atoms with Crippen LogP contribution in [0.15, 0.2) is 35.9 Å². The average Bonchev–Trinajstić information content (AvgIpc) is 2.93. The molecule has 0 saturated heterocycles. The summed E-state index contributed by atoms with van der Waals surface area (Å²) in [6.45, 7) is 6.15. The molecule has 1 heterocycles. The van der Waals surface area contributed by atoms with Crippen molar-refractivity contribution in [2.24, 2.45) is 0 Å². The summed E-state index contributed by atoms with van der Waals surface area (Å²) in [6, 6.07) is 9.35. The summed E-state index contributed by atoms with van der Waals surface area (Å²) in [5.41, 5.74) is 2.49. The maximum absolute atomic E-state index is 13.5. The number of hydrogen-bond donors (Lipinski definition) is 1. The van der Waals surface area contributed by atoms with Crippen LogP contribution in [-0.2, 0) is 20.9 Å². The van der Waals surface area contributed by atoms with E-state index in [0.717, 1.165) is 29.9 Å². The zero-order valence-electron chi connectivity index (χ0n) is 16.1. The monoisotopic (exact) mass is 383 g/mol. The minimum atomic E-state index is -0.911. The molecule has 28 heavy (non-hydrogen) atoms. The number of benzene rings is 1. The molecule has 0 saturated carbocycles. The smallest absolute Gasteiger partial charge is 0.349 e. The van der Waals surface area contributed by atoms with Crippen molar-refractivity contribution in [3.05, 3.63) is 58.7 Å². The molecule has 0 aliphatic rings. The molecular weight excluding hydrogens is 361 g/mol. The Kier molecular flexibility index (Phi) is 7.10. The second-order valence-electron chi connectivity index (χ2n) is 6.25. The highest BCUT2D eigenvalue weighted by Crippen LogP contribution is 2.19. The van der Waals surface area contributed by atoms with Gasteiger partial charge in [0.05, 0.1) is 5.69 Å². The van der Waals surface area contributed by atoms with E-state index in [1.54, 1.807) is 12.1 Å². The number of carbonyl (C=O) groups is 2. The first-order chi connectivity index (χ1) is 13.4. The van der Waals surface area contributed by atoms with Crippen LogP contribution < -0.4 is 5.32 Å². The van der Waals surface area contributed by atoms with Crippen LogP contribution in [-0.4, -0.2) is 23.1 Å². The Balaban J connectivity index is 2.05. The van der Waals surface area contributed by atoms with Crippen molar-refractivity contribution >= 4 is 23.6 Å². The van der Waals surface area contributed by atoms with Crippen LogP contribution >= 0.6 is 0 Å². The third-order valence-electron chi connectivity index (χ3n) is 4.18. The Labute approximate surface area is 163 Å². The van der Waals surface area contributed by atoms with Crippen molar-refractivity contribution in [2.45, 2.75) is 33.7 Å². The number of nitrogens with one attached hydrogen (secondary N) is 1. The van der Waals surface area contributed by atoms with Gasteiger partial charge in [-0.1, -0.05) is 19.1 Å². The first-order valence-electron chi connectivity index (χ1n) is 8.87. The van der Waals surface area contributed by atoms with Gasteiger partial charge in [0.15, 0.2) is 6.61 Å². The molecule has 1 N–H and O–H groups in total. The number of aryl methyl sites for hydroxylation is 1. The first-order valence-corrected chi connectivity index (χ1v) is 8.87. The Morgan fingerprint density at radius 3 is 2.68 bits per heavy atom.